The number of hydrogen-bond donors (Lipinski definition) is 0. The molecule has 1 saturated heterocycles. The first-order chi connectivity index (χ1) is 10.7. The lowest BCUT2D eigenvalue weighted by Crippen LogP contribution is -2.11. The molecule has 2 atom stereocenters. The van der Waals surface area contributed by atoms with Gasteiger partial charge < -0.3 is 4.74 Å². The van der Waals surface area contributed by atoms with Gasteiger partial charge in [0, 0.05) is 12.4 Å². The van der Waals surface area contributed by atoms with Crippen LogP contribution in [0.2, 0.25) is 0 Å². The van der Waals surface area contributed by atoms with E-state index in [1.165, 1.54) is 16.7 Å². The zero-order valence-corrected chi connectivity index (χ0v) is 12.9. The number of ether oxygens (including phenoxy) is 1. The van der Waals surface area contributed by atoms with Crippen LogP contribution in [0, 0.1) is 5.92 Å². The minimum absolute atomic E-state index is 0.0752. The number of carbonyl (C=O) groups excluding carboxylic acids is 1. The molecule has 3 rings (SSSR count). The molecule has 1 aromatic carbocycles. The fraction of sp³-hybridized carbons (Fsp3) is 0.368. The molecule has 1 aromatic heterocycles. The molecule has 0 bridgehead atoms. The second-order valence-electron chi connectivity index (χ2n) is 6.08. The van der Waals surface area contributed by atoms with E-state index >= 15 is 0 Å². The minimum Gasteiger partial charge on any atom is -0.466 e. The Hall–Kier alpha value is -2.16. The van der Waals surface area contributed by atoms with Gasteiger partial charge in [-0.2, -0.15) is 0 Å². The third-order valence-electron chi connectivity index (χ3n) is 4.45. The smallest absolute Gasteiger partial charge is 0.306 e. The second-order valence-corrected chi connectivity index (χ2v) is 6.08. The number of pyridine rings is 1. The van der Waals surface area contributed by atoms with E-state index in [4.69, 9.17) is 4.74 Å². The van der Waals surface area contributed by atoms with E-state index in [2.05, 4.69) is 42.2 Å². The number of rotatable bonds is 3. The molecule has 1 aliphatic rings. The van der Waals surface area contributed by atoms with Gasteiger partial charge in [0.2, 0.25) is 0 Å². The number of cyclic esters (lactones) is 1. The summed E-state index contributed by atoms with van der Waals surface area (Å²) >= 11 is 0. The summed E-state index contributed by atoms with van der Waals surface area (Å²) in [6.07, 6.45) is 6.00. The number of aromatic nitrogens is 1. The molecule has 3 heteroatoms. The standard InChI is InChI=1S/C19H21NO2/c1-14-8-10-22-19(21)12-18(14)17-6-4-15(5-7-17)11-16-3-2-9-20-13-16/h2-7,9,13-14,18H,8,10-12H2,1H3. The Morgan fingerprint density at radius 2 is 2.00 bits per heavy atom. The Balaban J connectivity index is 1.74. The summed E-state index contributed by atoms with van der Waals surface area (Å²) < 4.78 is 5.18. The maximum atomic E-state index is 11.7. The highest BCUT2D eigenvalue weighted by Gasteiger charge is 2.26. The molecule has 0 radical (unpaired) electrons. The quantitative estimate of drug-likeness (QED) is 0.810. The van der Waals surface area contributed by atoms with E-state index in [0.717, 1.165) is 12.8 Å². The van der Waals surface area contributed by atoms with E-state index in [0.29, 0.717) is 18.9 Å². The van der Waals surface area contributed by atoms with Crippen molar-refractivity contribution in [3.8, 4) is 0 Å². The molecule has 1 aliphatic heterocycles. The summed E-state index contributed by atoms with van der Waals surface area (Å²) in [5.74, 6) is 0.659. The number of hydrogen-bond acceptors (Lipinski definition) is 3. The van der Waals surface area contributed by atoms with Gasteiger partial charge in [0.25, 0.3) is 0 Å². The van der Waals surface area contributed by atoms with Crippen LogP contribution >= 0.6 is 0 Å². The van der Waals surface area contributed by atoms with Crippen molar-refractivity contribution in [2.24, 2.45) is 5.92 Å². The molecular weight excluding hydrogens is 274 g/mol. The molecule has 2 heterocycles. The average Bonchev–Trinajstić information content (AvgIpc) is 2.70. The van der Waals surface area contributed by atoms with Crippen molar-refractivity contribution < 1.29 is 9.53 Å². The van der Waals surface area contributed by atoms with Gasteiger partial charge >= 0.3 is 5.97 Å². The third kappa shape index (κ3) is 3.53. The first-order valence-electron chi connectivity index (χ1n) is 7.86. The summed E-state index contributed by atoms with van der Waals surface area (Å²) in [4.78, 5) is 15.8. The predicted octanol–water partition coefficient (Wildman–Crippen LogP) is 3.73. The minimum atomic E-state index is -0.0752. The first kappa shape index (κ1) is 14.8. The van der Waals surface area contributed by atoms with Crippen molar-refractivity contribution in [1.82, 2.24) is 4.98 Å². The molecule has 2 aromatic rings. The first-order valence-corrected chi connectivity index (χ1v) is 7.86. The highest BCUT2D eigenvalue weighted by molar-refractivity contribution is 5.71. The van der Waals surface area contributed by atoms with Crippen molar-refractivity contribution >= 4 is 5.97 Å². The molecule has 114 valence electrons. The highest BCUT2D eigenvalue weighted by atomic mass is 16.5. The molecular formula is C19H21NO2. The maximum Gasteiger partial charge on any atom is 0.306 e. The van der Waals surface area contributed by atoms with Gasteiger partial charge in [-0.1, -0.05) is 37.3 Å². The van der Waals surface area contributed by atoms with Crippen LogP contribution in [0.25, 0.3) is 0 Å². The van der Waals surface area contributed by atoms with Crippen LogP contribution in [-0.4, -0.2) is 17.6 Å². The summed E-state index contributed by atoms with van der Waals surface area (Å²) in [7, 11) is 0. The van der Waals surface area contributed by atoms with Crippen molar-refractivity contribution in [3.05, 3.63) is 65.5 Å². The molecule has 3 nitrogen and oxygen atoms in total. The lowest BCUT2D eigenvalue weighted by Gasteiger charge is -2.20. The largest absolute Gasteiger partial charge is 0.466 e. The van der Waals surface area contributed by atoms with Gasteiger partial charge in [-0.3, -0.25) is 9.78 Å². The lowest BCUT2D eigenvalue weighted by atomic mass is 9.83. The van der Waals surface area contributed by atoms with Gasteiger partial charge in [0.15, 0.2) is 0 Å². The molecule has 0 amide bonds. The Kier molecular flexibility index (Phi) is 4.52. The normalized spacial score (nSPS) is 22.0. The van der Waals surface area contributed by atoms with Crippen LogP contribution in [0.3, 0.4) is 0 Å². The summed E-state index contributed by atoms with van der Waals surface area (Å²) in [6, 6.07) is 12.7. The fourth-order valence-corrected chi connectivity index (χ4v) is 3.07. The summed E-state index contributed by atoms with van der Waals surface area (Å²) in [5, 5.41) is 0. The summed E-state index contributed by atoms with van der Waals surface area (Å²) in [5.41, 5.74) is 3.71. The third-order valence-corrected chi connectivity index (χ3v) is 4.45. The van der Waals surface area contributed by atoms with Crippen molar-refractivity contribution in [2.75, 3.05) is 6.61 Å². The van der Waals surface area contributed by atoms with E-state index in [-0.39, 0.29) is 11.9 Å². The Morgan fingerprint density at radius 3 is 2.73 bits per heavy atom. The average molecular weight is 295 g/mol. The SMILES string of the molecule is CC1CCOC(=O)CC1c1ccc(Cc2cccnc2)cc1. The van der Waals surface area contributed by atoms with Crippen LogP contribution < -0.4 is 0 Å². The number of nitrogens with zero attached hydrogens (tertiary/aromatic N) is 1. The van der Waals surface area contributed by atoms with Crippen molar-refractivity contribution in [2.45, 2.75) is 32.1 Å². The zero-order chi connectivity index (χ0) is 15.4. The van der Waals surface area contributed by atoms with E-state index in [1.807, 2.05) is 12.3 Å². The van der Waals surface area contributed by atoms with Gasteiger partial charge in [0.1, 0.15) is 0 Å². The molecule has 0 aliphatic carbocycles. The molecule has 2 unspecified atom stereocenters. The van der Waals surface area contributed by atoms with Crippen molar-refractivity contribution in [1.29, 1.82) is 0 Å². The topological polar surface area (TPSA) is 39.2 Å². The van der Waals surface area contributed by atoms with E-state index in [1.54, 1.807) is 6.20 Å². The Morgan fingerprint density at radius 1 is 1.18 bits per heavy atom. The molecule has 0 N–H and O–H groups in total. The van der Waals surface area contributed by atoms with Gasteiger partial charge in [-0.25, -0.2) is 0 Å². The predicted molar refractivity (Wildman–Crippen MR) is 85.6 cm³/mol. The molecule has 1 fully saturated rings. The van der Waals surface area contributed by atoms with Crippen LogP contribution in [0.4, 0.5) is 0 Å². The fourth-order valence-electron chi connectivity index (χ4n) is 3.07. The maximum absolute atomic E-state index is 11.7. The van der Waals surface area contributed by atoms with E-state index in [9.17, 15) is 4.79 Å². The lowest BCUT2D eigenvalue weighted by molar-refractivity contribution is -0.142. The van der Waals surface area contributed by atoms with E-state index < -0.39 is 0 Å². The molecule has 0 spiro atoms. The number of benzene rings is 1. The number of carbonyl (C=O) groups is 1. The second kappa shape index (κ2) is 6.73. The highest BCUT2D eigenvalue weighted by Crippen LogP contribution is 2.33. The summed E-state index contributed by atoms with van der Waals surface area (Å²) in [6.45, 7) is 2.76. The van der Waals surface area contributed by atoms with Gasteiger partial charge in [-0.05, 0) is 47.4 Å². The van der Waals surface area contributed by atoms with Crippen LogP contribution in [0.15, 0.2) is 48.8 Å². The molecule has 22 heavy (non-hydrogen) atoms. The Bertz CT molecular complexity index is 622. The number of esters is 1. The zero-order valence-electron chi connectivity index (χ0n) is 12.9. The van der Waals surface area contributed by atoms with Gasteiger partial charge in [-0.15, -0.1) is 0 Å². The Labute approximate surface area is 131 Å². The van der Waals surface area contributed by atoms with Crippen LogP contribution in [0.1, 0.15) is 42.4 Å². The molecule has 0 saturated carbocycles. The monoisotopic (exact) mass is 295 g/mol. The van der Waals surface area contributed by atoms with Crippen molar-refractivity contribution in [3.63, 3.8) is 0 Å². The van der Waals surface area contributed by atoms with Crippen LogP contribution in [0.5, 0.6) is 0 Å². The van der Waals surface area contributed by atoms with Crippen LogP contribution in [-0.2, 0) is 16.0 Å². The van der Waals surface area contributed by atoms with Gasteiger partial charge in [0.05, 0.1) is 13.0 Å².